The van der Waals surface area contributed by atoms with E-state index in [1.807, 2.05) is 0 Å². The molecule has 4 atom stereocenters. The number of hydrogen-bond acceptors (Lipinski definition) is 10. The van der Waals surface area contributed by atoms with E-state index in [-0.39, 0.29) is 47.9 Å². The molecule has 1 aromatic carbocycles. The van der Waals surface area contributed by atoms with E-state index in [0.717, 1.165) is 12.4 Å². The van der Waals surface area contributed by atoms with Crippen LogP contribution in [0.2, 0.25) is 0 Å². The van der Waals surface area contributed by atoms with Crippen LogP contribution in [0.1, 0.15) is 73.4 Å². The number of pyridine rings is 1. The number of carboxylic acid groups (broad SMARTS) is 1. The van der Waals surface area contributed by atoms with Gasteiger partial charge in [0, 0.05) is 12.1 Å². The van der Waals surface area contributed by atoms with Gasteiger partial charge in [0.2, 0.25) is 11.8 Å². The predicted octanol–water partition coefficient (Wildman–Crippen LogP) is 5.22. The van der Waals surface area contributed by atoms with Crippen molar-refractivity contribution < 1.29 is 55.3 Å². The van der Waals surface area contributed by atoms with E-state index < -0.39 is 77.6 Å². The molecular weight excluding hydrogens is 680 g/mol. The largest absolute Gasteiger partial charge is 0.481 e. The van der Waals surface area contributed by atoms with Crippen molar-refractivity contribution in [3.05, 3.63) is 70.9 Å². The molecule has 0 saturated heterocycles. The van der Waals surface area contributed by atoms with Gasteiger partial charge in [0.15, 0.2) is 0 Å². The summed E-state index contributed by atoms with van der Waals surface area (Å²) in [5.41, 5.74) is 2.30. The summed E-state index contributed by atoms with van der Waals surface area (Å²) in [5, 5.41) is 14.3. The zero-order valence-corrected chi connectivity index (χ0v) is 26.8. The van der Waals surface area contributed by atoms with Gasteiger partial charge in [0.05, 0.1) is 78.9 Å². The first kappa shape index (κ1) is 37.8. The number of rotatable bonds is 11. The molecule has 1 aliphatic rings. The number of amides is 2. The van der Waals surface area contributed by atoms with Crippen molar-refractivity contribution in [1.82, 2.24) is 20.3 Å². The fraction of sp³-hybridized carbons (Fsp3) is 0.419. The number of alkyl halides is 6. The molecule has 2 aromatic heterocycles. The monoisotopic (exact) mass is 713 g/mol. The number of carbonyl (C=O) groups excluding carboxylic acids is 2. The molecule has 4 rings (SSSR count). The standard InChI is InChI=1S/C31H33F6N7O6/c1-4-19-11-21(26-22(6-7-23(43-26)49-3)44(19)29(48)50-5-2)42-25(15-8-16(30(32,33)34)10-17(9-15)31(35,36)37)27-39-13-18(14-40-27)41-28(47)20(38)12-24(45)46/h6-10,13-14,19-21,25,42H,4-5,11-12,38H2,1-3H3,(H,41,47)(H,45,46)/t19-,20+,21+,25?/m1/s1. The lowest BCUT2D eigenvalue weighted by atomic mass is 9.91. The van der Waals surface area contributed by atoms with E-state index in [4.69, 9.17) is 20.3 Å². The molecule has 2 amide bonds. The Kier molecular flexibility index (Phi) is 11.5. The Morgan fingerprint density at radius 2 is 1.66 bits per heavy atom. The van der Waals surface area contributed by atoms with Crippen molar-refractivity contribution in [2.45, 2.75) is 69.6 Å². The number of aromatic nitrogens is 3. The fourth-order valence-corrected chi connectivity index (χ4v) is 5.38. The molecule has 3 heterocycles. The molecule has 5 N–H and O–H groups in total. The lowest BCUT2D eigenvalue weighted by Crippen LogP contribution is -2.48. The number of carboxylic acids is 1. The summed E-state index contributed by atoms with van der Waals surface area (Å²) in [6.45, 7) is 3.47. The van der Waals surface area contributed by atoms with E-state index in [1.54, 1.807) is 19.9 Å². The van der Waals surface area contributed by atoms with Crippen molar-refractivity contribution in [2.75, 3.05) is 23.9 Å². The fourth-order valence-electron chi connectivity index (χ4n) is 5.38. The molecule has 13 nitrogen and oxygen atoms in total. The van der Waals surface area contributed by atoms with Crippen molar-refractivity contribution in [3.63, 3.8) is 0 Å². The third-order valence-corrected chi connectivity index (χ3v) is 7.72. The average Bonchev–Trinajstić information content (AvgIpc) is 3.05. The number of hydrogen-bond donors (Lipinski definition) is 4. The number of halogens is 6. The highest BCUT2D eigenvalue weighted by Crippen LogP contribution is 2.42. The van der Waals surface area contributed by atoms with Gasteiger partial charge in [-0.3, -0.25) is 19.8 Å². The molecule has 19 heteroatoms. The van der Waals surface area contributed by atoms with E-state index in [2.05, 4.69) is 25.6 Å². The maximum atomic E-state index is 14.0. The lowest BCUT2D eigenvalue weighted by Gasteiger charge is -2.40. The second-order valence-corrected chi connectivity index (χ2v) is 11.1. The SMILES string of the molecule is CCOC(=O)N1c2ccc(OC)nc2[C@@H](NC(c2cc(C(F)(F)F)cc(C(F)(F)F)c2)c2ncc(NC(=O)[C@@H](N)CC(=O)O)cn2)C[C@H]1CC. The van der Waals surface area contributed by atoms with Gasteiger partial charge in [-0.15, -0.1) is 0 Å². The molecule has 1 aliphatic heterocycles. The first-order valence-corrected chi connectivity index (χ1v) is 15.1. The number of nitrogens with zero attached hydrogens (tertiary/aromatic N) is 4. The highest BCUT2D eigenvalue weighted by atomic mass is 19.4. The van der Waals surface area contributed by atoms with Crippen LogP contribution in [0.4, 0.5) is 42.5 Å². The second-order valence-electron chi connectivity index (χ2n) is 11.1. The normalized spacial score (nSPS) is 17.4. The molecule has 1 unspecified atom stereocenters. The minimum Gasteiger partial charge on any atom is -0.481 e. The summed E-state index contributed by atoms with van der Waals surface area (Å²) >= 11 is 0. The number of nitrogens with two attached hydrogens (primary N) is 1. The van der Waals surface area contributed by atoms with Crippen molar-refractivity contribution in [3.8, 4) is 5.88 Å². The van der Waals surface area contributed by atoms with Crippen molar-refractivity contribution in [2.24, 2.45) is 5.73 Å². The molecule has 270 valence electrons. The molecule has 0 fully saturated rings. The number of benzene rings is 1. The summed E-state index contributed by atoms with van der Waals surface area (Å²) in [5.74, 6) is -2.42. The molecule has 3 aromatic rings. The number of aliphatic carboxylic acids is 1. The van der Waals surface area contributed by atoms with E-state index in [0.29, 0.717) is 18.6 Å². The Morgan fingerprint density at radius 3 is 2.18 bits per heavy atom. The topological polar surface area (TPSA) is 182 Å². The van der Waals surface area contributed by atoms with Crippen LogP contribution >= 0.6 is 0 Å². The minimum absolute atomic E-state index is 0.00687. The smallest absolute Gasteiger partial charge is 0.416 e. The molecule has 0 aliphatic carbocycles. The summed E-state index contributed by atoms with van der Waals surface area (Å²) in [6.07, 6.45) is -9.17. The molecule has 50 heavy (non-hydrogen) atoms. The van der Waals surface area contributed by atoms with Crippen LogP contribution in [0.15, 0.2) is 42.7 Å². The maximum Gasteiger partial charge on any atom is 0.416 e. The van der Waals surface area contributed by atoms with Crippen LogP contribution in [-0.2, 0) is 26.7 Å². The van der Waals surface area contributed by atoms with E-state index in [9.17, 15) is 40.7 Å². The Balaban J connectivity index is 1.85. The number of nitrogens with one attached hydrogen (secondary N) is 2. The van der Waals surface area contributed by atoms with E-state index >= 15 is 0 Å². The number of methoxy groups -OCH3 is 1. The summed E-state index contributed by atoms with van der Waals surface area (Å²) in [6, 6.07) is -0.343. The highest BCUT2D eigenvalue weighted by Gasteiger charge is 2.41. The number of carbonyl (C=O) groups is 3. The van der Waals surface area contributed by atoms with Gasteiger partial charge in [-0.25, -0.2) is 19.7 Å². The first-order chi connectivity index (χ1) is 23.5. The lowest BCUT2D eigenvalue weighted by molar-refractivity contribution is -0.143. The van der Waals surface area contributed by atoms with Crippen LogP contribution in [0.25, 0.3) is 0 Å². The Bertz CT molecular complexity index is 1670. The molecule has 0 spiro atoms. The Morgan fingerprint density at radius 1 is 1.04 bits per heavy atom. The molecule has 0 saturated carbocycles. The van der Waals surface area contributed by atoms with E-state index in [1.165, 1.54) is 18.1 Å². The highest BCUT2D eigenvalue weighted by molar-refractivity contribution is 5.96. The van der Waals surface area contributed by atoms with Crippen LogP contribution in [0, 0.1) is 0 Å². The van der Waals surface area contributed by atoms with Gasteiger partial charge < -0.3 is 25.6 Å². The molecular formula is C31H33F6N7O6. The van der Waals surface area contributed by atoms with Gasteiger partial charge in [-0.2, -0.15) is 26.3 Å². The van der Waals surface area contributed by atoms with Gasteiger partial charge in [0.25, 0.3) is 0 Å². The van der Waals surface area contributed by atoms with Gasteiger partial charge in [0.1, 0.15) is 5.82 Å². The van der Waals surface area contributed by atoms with Crippen LogP contribution < -0.4 is 26.0 Å². The van der Waals surface area contributed by atoms with Gasteiger partial charge >= 0.3 is 24.4 Å². The van der Waals surface area contributed by atoms with Gasteiger partial charge in [-0.05, 0) is 49.6 Å². The zero-order valence-electron chi connectivity index (χ0n) is 26.8. The Hall–Kier alpha value is -5.04. The van der Waals surface area contributed by atoms with Gasteiger partial charge in [-0.1, -0.05) is 6.92 Å². The van der Waals surface area contributed by atoms with Crippen LogP contribution in [0.5, 0.6) is 5.88 Å². The molecule has 0 radical (unpaired) electrons. The zero-order chi connectivity index (χ0) is 37.0. The first-order valence-electron chi connectivity index (χ1n) is 15.1. The number of fused-ring (bicyclic) bond motifs is 1. The Labute approximate surface area is 281 Å². The van der Waals surface area contributed by atoms with Crippen LogP contribution in [-0.4, -0.2) is 63.8 Å². The summed E-state index contributed by atoms with van der Waals surface area (Å²) < 4.78 is 94.3. The summed E-state index contributed by atoms with van der Waals surface area (Å²) in [4.78, 5) is 50.4. The quantitative estimate of drug-likeness (QED) is 0.191. The van der Waals surface area contributed by atoms with Crippen molar-refractivity contribution >= 4 is 29.3 Å². The number of ether oxygens (including phenoxy) is 2. The second kappa shape index (κ2) is 15.2. The van der Waals surface area contributed by atoms with Crippen LogP contribution in [0.3, 0.4) is 0 Å². The molecule has 0 bridgehead atoms. The average molecular weight is 714 g/mol. The minimum atomic E-state index is -5.16. The number of anilines is 2. The maximum absolute atomic E-state index is 14.0. The third-order valence-electron chi connectivity index (χ3n) is 7.72. The van der Waals surface area contributed by atoms with Crippen molar-refractivity contribution in [1.29, 1.82) is 0 Å². The summed E-state index contributed by atoms with van der Waals surface area (Å²) in [7, 11) is 1.34. The third kappa shape index (κ3) is 8.75. The predicted molar refractivity (Wildman–Crippen MR) is 164 cm³/mol.